The van der Waals surface area contributed by atoms with Crippen molar-refractivity contribution in [3.05, 3.63) is 194 Å². The Morgan fingerprint density at radius 3 is 0.938 bits per heavy atom. The minimum Gasteiger partial charge on any atom is -0.309 e. The third-order valence-corrected chi connectivity index (χ3v) is 9.33. The predicted molar refractivity (Wildman–Crippen MR) is 206 cm³/mol. The molecule has 0 aliphatic heterocycles. The lowest BCUT2D eigenvalue weighted by molar-refractivity contribution is 1.30. The van der Waals surface area contributed by atoms with Crippen molar-refractivity contribution in [2.75, 3.05) is 9.80 Å². The first kappa shape index (κ1) is 27.9. The number of benzene rings is 9. The van der Waals surface area contributed by atoms with Gasteiger partial charge in [-0.2, -0.15) is 0 Å². The van der Waals surface area contributed by atoms with E-state index < -0.39 is 0 Å². The molecule has 0 saturated heterocycles. The van der Waals surface area contributed by atoms with Crippen LogP contribution in [0.1, 0.15) is 0 Å². The van der Waals surface area contributed by atoms with Gasteiger partial charge in [0.25, 0.3) is 0 Å². The van der Waals surface area contributed by atoms with Crippen LogP contribution in [0.4, 0.5) is 34.1 Å². The van der Waals surface area contributed by atoms with Gasteiger partial charge < -0.3 is 9.80 Å². The highest BCUT2D eigenvalue weighted by molar-refractivity contribution is 6.23. The zero-order chi connectivity index (χ0) is 31.9. The van der Waals surface area contributed by atoms with E-state index in [1.54, 1.807) is 0 Å². The van der Waals surface area contributed by atoms with Crippen LogP contribution in [-0.2, 0) is 0 Å². The first-order chi connectivity index (χ1) is 23.8. The molecule has 0 radical (unpaired) electrons. The topological polar surface area (TPSA) is 6.48 Å². The molecule has 2 heteroatoms. The molecule has 9 aromatic carbocycles. The van der Waals surface area contributed by atoms with Crippen molar-refractivity contribution >= 4 is 77.2 Å². The van der Waals surface area contributed by atoms with Crippen molar-refractivity contribution in [2.24, 2.45) is 0 Å². The molecular formula is C46H32N2. The van der Waals surface area contributed by atoms with Crippen LogP contribution in [0.3, 0.4) is 0 Å². The molecule has 0 aliphatic carbocycles. The van der Waals surface area contributed by atoms with Gasteiger partial charge in [0.1, 0.15) is 0 Å². The van der Waals surface area contributed by atoms with Crippen molar-refractivity contribution in [3.8, 4) is 0 Å². The molecule has 0 bridgehead atoms. The molecule has 9 aromatic rings. The zero-order valence-corrected chi connectivity index (χ0v) is 26.4. The van der Waals surface area contributed by atoms with Crippen LogP contribution in [0.25, 0.3) is 43.1 Å². The Morgan fingerprint density at radius 2 is 0.542 bits per heavy atom. The summed E-state index contributed by atoms with van der Waals surface area (Å²) in [6.07, 6.45) is 0. The van der Waals surface area contributed by atoms with Crippen molar-refractivity contribution < 1.29 is 0 Å². The Morgan fingerprint density at radius 1 is 0.229 bits per heavy atom. The van der Waals surface area contributed by atoms with Crippen LogP contribution < -0.4 is 9.80 Å². The number of nitrogens with zero attached hydrogens (tertiary/aromatic N) is 2. The summed E-state index contributed by atoms with van der Waals surface area (Å²) in [4.78, 5) is 4.87. The molecule has 0 saturated carbocycles. The highest BCUT2D eigenvalue weighted by Gasteiger charge is 2.25. The van der Waals surface area contributed by atoms with Gasteiger partial charge in [-0.3, -0.25) is 0 Å². The van der Waals surface area contributed by atoms with Gasteiger partial charge in [-0.05, 0) is 70.1 Å². The highest BCUT2D eigenvalue weighted by Crippen LogP contribution is 2.51. The smallest absolute Gasteiger partial charge is 0.0619 e. The molecule has 0 amide bonds. The second-order valence-corrected chi connectivity index (χ2v) is 12.2. The molecule has 0 fully saturated rings. The molecule has 0 aliphatic rings. The Balaban J connectivity index is 1.40. The van der Waals surface area contributed by atoms with Crippen molar-refractivity contribution in [3.63, 3.8) is 0 Å². The monoisotopic (exact) mass is 612 g/mol. The summed E-state index contributed by atoms with van der Waals surface area (Å²) in [5, 5.41) is 9.62. The van der Waals surface area contributed by atoms with Gasteiger partial charge in [0.05, 0.1) is 11.4 Å². The van der Waals surface area contributed by atoms with Gasteiger partial charge in [0.15, 0.2) is 0 Å². The van der Waals surface area contributed by atoms with E-state index in [1.165, 1.54) is 48.8 Å². The average Bonchev–Trinajstić information content (AvgIpc) is 3.16. The van der Waals surface area contributed by atoms with E-state index in [-0.39, 0.29) is 0 Å². The minimum atomic E-state index is 1.12. The molecule has 48 heavy (non-hydrogen) atoms. The fourth-order valence-electron chi connectivity index (χ4n) is 7.16. The van der Waals surface area contributed by atoms with Crippen LogP contribution in [0.2, 0.25) is 0 Å². The van der Waals surface area contributed by atoms with E-state index in [0.29, 0.717) is 0 Å². The lowest BCUT2D eigenvalue weighted by atomic mass is 9.95. The average molecular weight is 613 g/mol. The maximum Gasteiger partial charge on any atom is 0.0619 e. The molecule has 0 heterocycles. The highest BCUT2D eigenvalue weighted by atomic mass is 15.2. The largest absolute Gasteiger partial charge is 0.309 e. The standard InChI is InChI=1S/C46H32N2/c1-3-19-37(20-4-1)47(38-21-5-2-6-22-38)45-41-23-11-13-25-43(41)46(44-26-14-12-24-42(44)45)48(39-29-27-33-15-7-9-17-35(33)31-39)40-30-28-34-16-8-10-18-36(34)32-40/h1-32H. The summed E-state index contributed by atoms with van der Waals surface area (Å²) in [6, 6.07) is 70.0. The Kier molecular flexibility index (Phi) is 6.84. The normalized spacial score (nSPS) is 11.3. The van der Waals surface area contributed by atoms with E-state index >= 15 is 0 Å². The molecule has 0 N–H and O–H groups in total. The van der Waals surface area contributed by atoms with Crippen LogP contribution in [-0.4, -0.2) is 0 Å². The fraction of sp³-hybridized carbons (Fsp3) is 0. The summed E-state index contributed by atoms with van der Waals surface area (Å²) >= 11 is 0. The molecule has 226 valence electrons. The molecule has 9 rings (SSSR count). The maximum absolute atomic E-state index is 2.46. The van der Waals surface area contributed by atoms with Crippen LogP contribution in [0.15, 0.2) is 194 Å². The summed E-state index contributed by atoms with van der Waals surface area (Å²) < 4.78 is 0. The number of rotatable bonds is 6. The van der Waals surface area contributed by atoms with Gasteiger partial charge in [-0.1, -0.05) is 146 Å². The number of hydrogen-bond acceptors (Lipinski definition) is 2. The van der Waals surface area contributed by atoms with Gasteiger partial charge in [-0.15, -0.1) is 0 Å². The quantitative estimate of drug-likeness (QED) is 0.136. The zero-order valence-electron chi connectivity index (χ0n) is 26.4. The predicted octanol–water partition coefficient (Wildman–Crippen LogP) is 13.2. The molecule has 0 unspecified atom stereocenters. The van der Waals surface area contributed by atoms with Crippen molar-refractivity contribution in [1.29, 1.82) is 0 Å². The fourth-order valence-corrected chi connectivity index (χ4v) is 7.16. The molecule has 0 spiro atoms. The second-order valence-electron chi connectivity index (χ2n) is 12.2. The Labute approximate surface area is 280 Å². The lowest BCUT2D eigenvalue weighted by Gasteiger charge is -2.33. The summed E-state index contributed by atoms with van der Waals surface area (Å²) in [6.45, 7) is 0. The number of para-hydroxylation sites is 2. The molecular weight excluding hydrogens is 581 g/mol. The second kappa shape index (κ2) is 11.8. The Hall–Kier alpha value is -6.38. The van der Waals surface area contributed by atoms with E-state index in [2.05, 4.69) is 204 Å². The summed E-state index contributed by atoms with van der Waals surface area (Å²) in [7, 11) is 0. The third-order valence-electron chi connectivity index (χ3n) is 9.33. The molecule has 0 atom stereocenters. The number of hydrogen-bond donors (Lipinski definition) is 0. The van der Waals surface area contributed by atoms with Gasteiger partial charge in [0, 0.05) is 44.3 Å². The number of fused-ring (bicyclic) bond motifs is 4. The van der Waals surface area contributed by atoms with Crippen LogP contribution in [0, 0.1) is 0 Å². The Bertz CT molecular complexity index is 2400. The first-order valence-electron chi connectivity index (χ1n) is 16.4. The summed E-state index contributed by atoms with van der Waals surface area (Å²) in [5.74, 6) is 0. The van der Waals surface area contributed by atoms with Crippen LogP contribution >= 0.6 is 0 Å². The maximum atomic E-state index is 2.46. The van der Waals surface area contributed by atoms with Crippen molar-refractivity contribution in [1.82, 2.24) is 0 Å². The van der Waals surface area contributed by atoms with Gasteiger partial charge >= 0.3 is 0 Å². The molecule has 2 nitrogen and oxygen atoms in total. The van der Waals surface area contributed by atoms with Gasteiger partial charge in [-0.25, -0.2) is 0 Å². The van der Waals surface area contributed by atoms with E-state index in [1.807, 2.05) is 0 Å². The van der Waals surface area contributed by atoms with Crippen LogP contribution in [0.5, 0.6) is 0 Å². The van der Waals surface area contributed by atoms with E-state index in [0.717, 1.165) is 28.4 Å². The van der Waals surface area contributed by atoms with Crippen molar-refractivity contribution in [2.45, 2.75) is 0 Å². The van der Waals surface area contributed by atoms with Gasteiger partial charge in [0.2, 0.25) is 0 Å². The SMILES string of the molecule is c1ccc(N(c2ccccc2)c2c3ccccc3c(N(c3ccc4ccccc4c3)c3ccc4ccccc4c3)c3ccccc23)cc1. The van der Waals surface area contributed by atoms with E-state index in [4.69, 9.17) is 0 Å². The number of anilines is 6. The lowest BCUT2D eigenvalue weighted by Crippen LogP contribution is -2.14. The van der Waals surface area contributed by atoms with E-state index in [9.17, 15) is 0 Å². The first-order valence-corrected chi connectivity index (χ1v) is 16.4. The molecule has 0 aromatic heterocycles. The third kappa shape index (κ3) is 4.74. The minimum absolute atomic E-state index is 1.12. The summed E-state index contributed by atoms with van der Waals surface area (Å²) in [5.41, 5.74) is 6.81.